The van der Waals surface area contributed by atoms with E-state index in [4.69, 9.17) is 0 Å². The van der Waals surface area contributed by atoms with Gasteiger partial charge in [-0.05, 0) is 28.1 Å². The van der Waals surface area contributed by atoms with Gasteiger partial charge in [-0.2, -0.15) is 0 Å². The first kappa shape index (κ1) is 10.1. The Kier molecular flexibility index (Phi) is 3.39. The first-order chi connectivity index (χ1) is 6.16. The predicted octanol–water partition coefficient (Wildman–Crippen LogP) is 1.05. The molecule has 0 aliphatic carbocycles. The Bertz CT molecular complexity index is 316. The highest BCUT2D eigenvalue weighted by Gasteiger charge is 2.21. The molecule has 0 aliphatic heterocycles. The highest BCUT2D eigenvalue weighted by molar-refractivity contribution is 9.10. The first-order valence-electron chi connectivity index (χ1n) is 3.53. The van der Waals surface area contributed by atoms with Crippen LogP contribution in [-0.2, 0) is 9.53 Å². The molecular formula is C8H8BrNO3. The summed E-state index contributed by atoms with van der Waals surface area (Å²) in [5, 5.41) is 9.40. The van der Waals surface area contributed by atoms with Crippen molar-refractivity contribution in [1.82, 2.24) is 4.98 Å². The Morgan fingerprint density at radius 1 is 1.77 bits per heavy atom. The van der Waals surface area contributed by atoms with E-state index in [9.17, 15) is 9.90 Å². The maximum Gasteiger partial charge on any atom is 0.341 e. The number of rotatable bonds is 2. The van der Waals surface area contributed by atoms with E-state index in [1.807, 2.05) is 0 Å². The molecule has 1 aromatic heterocycles. The smallest absolute Gasteiger partial charge is 0.341 e. The van der Waals surface area contributed by atoms with Crippen molar-refractivity contribution in [3.05, 3.63) is 28.5 Å². The van der Waals surface area contributed by atoms with Gasteiger partial charge in [-0.3, -0.25) is 4.98 Å². The summed E-state index contributed by atoms with van der Waals surface area (Å²) >= 11 is 3.16. The number of nitrogens with zero attached hydrogens (tertiary/aromatic N) is 1. The summed E-state index contributed by atoms with van der Waals surface area (Å²) in [4.78, 5) is 14.8. The molecule has 0 amide bonds. The summed E-state index contributed by atoms with van der Waals surface area (Å²) in [6.45, 7) is 0. The van der Waals surface area contributed by atoms with Crippen molar-refractivity contribution < 1.29 is 14.6 Å². The molecule has 0 bridgehead atoms. The average Bonchev–Trinajstić information content (AvgIpc) is 2.16. The molecule has 0 spiro atoms. The van der Waals surface area contributed by atoms with Gasteiger partial charge < -0.3 is 9.84 Å². The molecule has 0 radical (unpaired) electrons. The number of carbonyl (C=O) groups excluding carboxylic acids is 1. The Morgan fingerprint density at radius 2 is 2.46 bits per heavy atom. The van der Waals surface area contributed by atoms with Gasteiger partial charge in [-0.15, -0.1) is 0 Å². The molecule has 1 rings (SSSR count). The second-order valence-electron chi connectivity index (χ2n) is 2.30. The van der Waals surface area contributed by atoms with Gasteiger partial charge in [0.05, 0.1) is 12.8 Å². The van der Waals surface area contributed by atoms with Crippen molar-refractivity contribution in [1.29, 1.82) is 0 Å². The number of hydrogen-bond donors (Lipinski definition) is 1. The van der Waals surface area contributed by atoms with Crippen molar-refractivity contribution in [2.24, 2.45) is 0 Å². The number of esters is 1. The van der Waals surface area contributed by atoms with Crippen LogP contribution in [0.15, 0.2) is 22.8 Å². The molecule has 1 aromatic rings. The SMILES string of the molecule is COC(=O)C(O)c1ncccc1Br. The van der Waals surface area contributed by atoms with Crippen LogP contribution in [0, 0.1) is 0 Å². The van der Waals surface area contributed by atoms with Crippen molar-refractivity contribution in [2.45, 2.75) is 6.10 Å². The summed E-state index contributed by atoms with van der Waals surface area (Å²) in [6, 6.07) is 3.38. The molecule has 1 atom stereocenters. The molecule has 0 saturated heterocycles. The van der Waals surface area contributed by atoms with E-state index < -0.39 is 12.1 Å². The van der Waals surface area contributed by atoms with Crippen LogP contribution >= 0.6 is 15.9 Å². The fourth-order valence-electron chi connectivity index (χ4n) is 0.822. The zero-order valence-corrected chi connectivity index (χ0v) is 8.48. The molecule has 0 aliphatic rings. The molecule has 13 heavy (non-hydrogen) atoms. The lowest BCUT2D eigenvalue weighted by Crippen LogP contribution is -2.15. The predicted molar refractivity (Wildman–Crippen MR) is 48.9 cm³/mol. The number of halogens is 1. The molecule has 0 aromatic carbocycles. The third-order valence-electron chi connectivity index (χ3n) is 1.47. The molecule has 4 nitrogen and oxygen atoms in total. The van der Waals surface area contributed by atoms with E-state index in [1.54, 1.807) is 12.1 Å². The van der Waals surface area contributed by atoms with Gasteiger partial charge in [0.15, 0.2) is 6.10 Å². The number of aromatic nitrogens is 1. The second kappa shape index (κ2) is 4.34. The van der Waals surface area contributed by atoms with E-state index in [1.165, 1.54) is 13.3 Å². The number of methoxy groups -OCH3 is 1. The fourth-order valence-corrected chi connectivity index (χ4v) is 1.29. The van der Waals surface area contributed by atoms with Gasteiger partial charge in [0.1, 0.15) is 0 Å². The Balaban J connectivity index is 2.95. The minimum Gasteiger partial charge on any atom is -0.467 e. The molecule has 1 heterocycles. The van der Waals surface area contributed by atoms with Crippen LogP contribution in [0.4, 0.5) is 0 Å². The van der Waals surface area contributed by atoms with Crippen LogP contribution in [0.25, 0.3) is 0 Å². The van der Waals surface area contributed by atoms with Crippen molar-refractivity contribution in [3.8, 4) is 0 Å². The number of pyridine rings is 1. The van der Waals surface area contributed by atoms with Crippen molar-refractivity contribution in [3.63, 3.8) is 0 Å². The summed E-state index contributed by atoms with van der Waals surface area (Å²) in [7, 11) is 1.21. The van der Waals surface area contributed by atoms with Gasteiger partial charge in [0.2, 0.25) is 0 Å². The third-order valence-corrected chi connectivity index (χ3v) is 2.14. The van der Waals surface area contributed by atoms with Gasteiger partial charge in [0, 0.05) is 10.7 Å². The van der Waals surface area contributed by atoms with Crippen LogP contribution in [0.5, 0.6) is 0 Å². The van der Waals surface area contributed by atoms with Crippen LogP contribution in [-0.4, -0.2) is 23.2 Å². The van der Waals surface area contributed by atoms with E-state index >= 15 is 0 Å². The molecule has 0 saturated carbocycles. The van der Waals surface area contributed by atoms with Crippen LogP contribution in [0.2, 0.25) is 0 Å². The normalized spacial score (nSPS) is 12.2. The largest absolute Gasteiger partial charge is 0.467 e. The maximum absolute atomic E-state index is 10.9. The molecule has 5 heteroatoms. The quantitative estimate of drug-likeness (QED) is 0.792. The second-order valence-corrected chi connectivity index (χ2v) is 3.15. The summed E-state index contributed by atoms with van der Waals surface area (Å²) in [5.41, 5.74) is 0.259. The molecular weight excluding hydrogens is 238 g/mol. The lowest BCUT2D eigenvalue weighted by Gasteiger charge is -2.08. The van der Waals surface area contributed by atoms with Crippen LogP contribution < -0.4 is 0 Å². The lowest BCUT2D eigenvalue weighted by molar-refractivity contribution is -0.151. The highest BCUT2D eigenvalue weighted by atomic mass is 79.9. The van der Waals surface area contributed by atoms with Crippen molar-refractivity contribution in [2.75, 3.05) is 7.11 Å². The summed E-state index contributed by atoms with van der Waals surface area (Å²) < 4.78 is 4.95. The zero-order chi connectivity index (χ0) is 9.84. The maximum atomic E-state index is 10.9. The molecule has 1 unspecified atom stereocenters. The van der Waals surface area contributed by atoms with E-state index in [-0.39, 0.29) is 5.69 Å². The lowest BCUT2D eigenvalue weighted by atomic mass is 10.2. The van der Waals surface area contributed by atoms with Gasteiger partial charge in [-0.1, -0.05) is 0 Å². The van der Waals surface area contributed by atoms with Gasteiger partial charge in [-0.25, -0.2) is 4.79 Å². The molecule has 1 N–H and O–H groups in total. The minimum atomic E-state index is -1.33. The number of carbonyl (C=O) groups is 1. The van der Waals surface area contributed by atoms with Crippen LogP contribution in [0.1, 0.15) is 11.8 Å². The third kappa shape index (κ3) is 2.26. The average molecular weight is 246 g/mol. The van der Waals surface area contributed by atoms with E-state index in [2.05, 4.69) is 25.7 Å². The topological polar surface area (TPSA) is 59.4 Å². The number of ether oxygens (including phenoxy) is 1. The Morgan fingerprint density at radius 3 is 3.00 bits per heavy atom. The number of aliphatic hydroxyl groups is 1. The van der Waals surface area contributed by atoms with Crippen LogP contribution in [0.3, 0.4) is 0 Å². The van der Waals surface area contributed by atoms with Crippen molar-refractivity contribution >= 4 is 21.9 Å². The van der Waals surface area contributed by atoms with E-state index in [0.29, 0.717) is 4.47 Å². The molecule has 0 fully saturated rings. The number of hydrogen-bond acceptors (Lipinski definition) is 4. The fraction of sp³-hybridized carbons (Fsp3) is 0.250. The molecule has 70 valence electrons. The highest BCUT2D eigenvalue weighted by Crippen LogP contribution is 2.21. The van der Waals surface area contributed by atoms with Gasteiger partial charge >= 0.3 is 5.97 Å². The standard InChI is InChI=1S/C8H8BrNO3/c1-13-8(12)7(11)6-5(9)3-2-4-10-6/h2-4,7,11H,1H3. The minimum absolute atomic E-state index is 0.259. The van der Waals surface area contributed by atoms with E-state index in [0.717, 1.165) is 0 Å². The summed E-state index contributed by atoms with van der Waals surface area (Å²) in [5.74, 6) is -0.723. The number of aliphatic hydroxyl groups excluding tert-OH is 1. The zero-order valence-electron chi connectivity index (χ0n) is 6.90. The Hall–Kier alpha value is -0.940. The monoisotopic (exact) mass is 245 g/mol. The summed E-state index contributed by atoms with van der Waals surface area (Å²) in [6.07, 6.45) is 0.160. The Labute approximate surface area is 83.7 Å². The van der Waals surface area contributed by atoms with Gasteiger partial charge in [0.25, 0.3) is 0 Å². The first-order valence-corrected chi connectivity index (χ1v) is 4.32.